The van der Waals surface area contributed by atoms with Crippen molar-refractivity contribution in [3.8, 4) is 0 Å². The van der Waals surface area contributed by atoms with Crippen LogP contribution in [-0.2, 0) is 0 Å². The monoisotopic (exact) mass is 279 g/mol. The molecule has 20 heavy (non-hydrogen) atoms. The fourth-order valence-electron chi connectivity index (χ4n) is 2.47. The Labute approximate surface area is 117 Å². The molecule has 0 fully saturated rings. The molecule has 2 atom stereocenters. The lowest BCUT2D eigenvalue weighted by atomic mass is 10.0. The summed E-state index contributed by atoms with van der Waals surface area (Å²) in [7, 11) is 0. The molecular weight excluding hydrogens is 260 g/mol. The van der Waals surface area contributed by atoms with Gasteiger partial charge in [0.1, 0.15) is 23.2 Å². The third-order valence-electron chi connectivity index (χ3n) is 3.43. The van der Waals surface area contributed by atoms with Crippen molar-refractivity contribution in [3.63, 3.8) is 0 Å². The van der Waals surface area contributed by atoms with Crippen LogP contribution in [0.15, 0.2) is 28.7 Å². The fourth-order valence-corrected chi connectivity index (χ4v) is 2.47. The van der Waals surface area contributed by atoms with E-state index in [1.54, 1.807) is 0 Å². The van der Waals surface area contributed by atoms with E-state index < -0.39 is 11.6 Å². The Morgan fingerprint density at radius 3 is 2.05 bits per heavy atom. The van der Waals surface area contributed by atoms with Gasteiger partial charge in [-0.2, -0.15) is 0 Å². The first kappa shape index (κ1) is 14.7. The van der Waals surface area contributed by atoms with Crippen molar-refractivity contribution in [1.29, 1.82) is 0 Å². The molecule has 0 amide bonds. The summed E-state index contributed by atoms with van der Waals surface area (Å²) in [5.41, 5.74) is 1.65. The van der Waals surface area contributed by atoms with Crippen LogP contribution in [0.1, 0.15) is 48.6 Å². The standard InChI is InChI=1S/C16H19F2NO/c1-9-5-16(12(4)20-9)11(3)19-10(2)13-6-14(17)8-15(18)7-13/h5-8,10-11,19H,1-4H3. The van der Waals surface area contributed by atoms with Gasteiger partial charge in [0.15, 0.2) is 0 Å². The van der Waals surface area contributed by atoms with Crippen LogP contribution in [0.25, 0.3) is 0 Å². The Bertz CT molecular complexity index is 586. The second-order valence-corrected chi connectivity index (χ2v) is 5.18. The summed E-state index contributed by atoms with van der Waals surface area (Å²) in [4.78, 5) is 0. The van der Waals surface area contributed by atoms with Crippen LogP contribution in [0.2, 0.25) is 0 Å². The average Bonchev–Trinajstić information content (AvgIpc) is 2.67. The van der Waals surface area contributed by atoms with E-state index in [1.807, 2.05) is 33.8 Å². The molecule has 1 N–H and O–H groups in total. The SMILES string of the molecule is Cc1cc(C(C)NC(C)c2cc(F)cc(F)c2)c(C)o1. The molecule has 0 aliphatic carbocycles. The molecule has 0 saturated heterocycles. The largest absolute Gasteiger partial charge is 0.466 e. The van der Waals surface area contributed by atoms with Crippen molar-refractivity contribution in [2.45, 2.75) is 39.8 Å². The lowest BCUT2D eigenvalue weighted by molar-refractivity contribution is 0.465. The first-order chi connectivity index (χ1) is 9.36. The summed E-state index contributed by atoms with van der Waals surface area (Å²) < 4.78 is 32.0. The summed E-state index contributed by atoms with van der Waals surface area (Å²) in [6.07, 6.45) is 0. The van der Waals surface area contributed by atoms with Crippen LogP contribution in [0, 0.1) is 25.5 Å². The molecule has 0 radical (unpaired) electrons. The minimum absolute atomic E-state index is 0.0359. The summed E-state index contributed by atoms with van der Waals surface area (Å²) in [5.74, 6) is 0.601. The minimum Gasteiger partial charge on any atom is -0.466 e. The van der Waals surface area contributed by atoms with Crippen molar-refractivity contribution < 1.29 is 13.2 Å². The molecule has 2 rings (SSSR count). The normalized spacial score (nSPS) is 14.3. The van der Waals surface area contributed by atoms with Crippen LogP contribution >= 0.6 is 0 Å². The van der Waals surface area contributed by atoms with Crippen molar-refractivity contribution in [2.24, 2.45) is 0 Å². The maximum atomic E-state index is 13.2. The molecule has 0 aliphatic rings. The molecule has 2 aromatic rings. The smallest absolute Gasteiger partial charge is 0.126 e. The molecule has 0 aliphatic heterocycles. The number of nitrogens with one attached hydrogen (secondary N) is 1. The van der Waals surface area contributed by atoms with Gasteiger partial charge in [0.2, 0.25) is 0 Å². The molecule has 4 heteroatoms. The van der Waals surface area contributed by atoms with Gasteiger partial charge in [-0.15, -0.1) is 0 Å². The number of aryl methyl sites for hydroxylation is 2. The molecule has 0 saturated carbocycles. The maximum absolute atomic E-state index is 13.2. The molecular formula is C16H19F2NO. The van der Waals surface area contributed by atoms with E-state index in [0.717, 1.165) is 23.2 Å². The third kappa shape index (κ3) is 3.25. The zero-order chi connectivity index (χ0) is 14.9. The summed E-state index contributed by atoms with van der Waals surface area (Å²) in [6, 6.07) is 5.43. The van der Waals surface area contributed by atoms with Crippen LogP contribution in [0.5, 0.6) is 0 Å². The van der Waals surface area contributed by atoms with Gasteiger partial charge < -0.3 is 9.73 Å². The van der Waals surface area contributed by atoms with Crippen LogP contribution in [0.4, 0.5) is 8.78 Å². The molecule has 2 nitrogen and oxygen atoms in total. The van der Waals surface area contributed by atoms with Gasteiger partial charge in [-0.25, -0.2) is 8.78 Å². The van der Waals surface area contributed by atoms with Gasteiger partial charge >= 0.3 is 0 Å². The third-order valence-corrected chi connectivity index (χ3v) is 3.43. The van der Waals surface area contributed by atoms with Gasteiger partial charge in [0, 0.05) is 23.7 Å². The number of hydrogen-bond acceptors (Lipinski definition) is 2. The van der Waals surface area contributed by atoms with E-state index in [9.17, 15) is 8.78 Å². The highest BCUT2D eigenvalue weighted by atomic mass is 19.1. The lowest BCUT2D eigenvalue weighted by Crippen LogP contribution is -2.22. The number of hydrogen-bond donors (Lipinski definition) is 1. The predicted octanol–water partition coefficient (Wildman–Crippen LogP) is 4.59. The zero-order valence-electron chi connectivity index (χ0n) is 12.1. The second kappa shape index (κ2) is 5.75. The maximum Gasteiger partial charge on any atom is 0.126 e. The Morgan fingerprint density at radius 1 is 0.950 bits per heavy atom. The van der Waals surface area contributed by atoms with Gasteiger partial charge in [-0.3, -0.25) is 0 Å². The Hall–Kier alpha value is -1.68. The van der Waals surface area contributed by atoms with Crippen LogP contribution in [0.3, 0.4) is 0 Å². The van der Waals surface area contributed by atoms with E-state index in [4.69, 9.17) is 4.42 Å². The Morgan fingerprint density at radius 2 is 1.55 bits per heavy atom. The van der Waals surface area contributed by atoms with Crippen molar-refractivity contribution in [1.82, 2.24) is 5.32 Å². The van der Waals surface area contributed by atoms with Crippen molar-refractivity contribution in [2.75, 3.05) is 0 Å². The molecule has 1 aromatic heterocycles. The molecule has 2 unspecified atom stereocenters. The van der Waals surface area contributed by atoms with Crippen LogP contribution in [-0.4, -0.2) is 0 Å². The van der Waals surface area contributed by atoms with Gasteiger partial charge in [-0.1, -0.05) is 0 Å². The van der Waals surface area contributed by atoms with Crippen LogP contribution < -0.4 is 5.32 Å². The summed E-state index contributed by atoms with van der Waals surface area (Å²) in [5, 5.41) is 3.33. The average molecular weight is 279 g/mol. The Kier molecular flexibility index (Phi) is 4.23. The molecule has 1 aromatic carbocycles. The molecule has 0 spiro atoms. The molecule has 0 bridgehead atoms. The van der Waals surface area contributed by atoms with Gasteiger partial charge in [0.05, 0.1) is 0 Å². The number of benzene rings is 1. The van der Waals surface area contributed by atoms with Crippen molar-refractivity contribution in [3.05, 3.63) is 58.5 Å². The molecule has 1 heterocycles. The van der Waals surface area contributed by atoms with E-state index >= 15 is 0 Å². The fraction of sp³-hybridized carbons (Fsp3) is 0.375. The van der Waals surface area contributed by atoms with Gasteiger partial charge in [-0.05, 0) is 51.5 Å². The van der Waals surface area contributed by atoms with E-state index in [2.05, 4.69) is 5.32 Å². The highest BCUT2D eigenvalue weighted by molar-refractivity contribution is 5.25. The summed E-state index contributed by atoms with van der Waals surface area (Å²) >= 11 is 0. The molecule has 108 valence electrons. The zero-order valence-corrected chi connectivity index (χ0v) is 12.1. The van der Waals surface area contributed by atoms with Crippen molar-refractivity contribution >= 4 is 0 Å². The first-order valence-corrected chi connectivity index (χ1v) is 6.66. The first-order valence-electron chi connectivity index (χ1n) is 6.66. The number of halogens is 2. The Balaban J connectivity index is 2.14. The highest BCUT2D eigenvalue weighted by Gasteiger charge is 2.16. The lowest BCUT2D eigenvalue weighted by Gasteiger charge is -2.20. The topological polar surface area (TPSA) is 25.2 Å². The van der Waals surface area contributed by atoms with Gasteiger partial charge in [0.25, 0.3) is 0 Å². The minimum atomic E-state index is -0.559. The van der Waals surface area contributed by atoms with E-state index in [0.29, 0.717) is 5.56 Å². The van der Waals surface area contributed by atoms with E-state index in [1.165, 1.54) is 12.1 Å². The number of furan rings is 1. The second-order valence-electron chi connectivity index (χ2n) is 5.18. The number of rotatable bonds is 4. The predicted molar refractivity (Wildman–Crippen MR) is 74.5 cm³/mol. The quantitative estimate of drug-likeness (QED) is 0.885. The van der Waals surface area contributed by atoms with E-state index in [-0.39, 0.29) is 12.1 Å². The summed E-state index contributed by atoms with van der Waals surface area (Å²) in [6.45, 7) is 7.69. The highest BCUT2D eigenvalue weighted by Crippen LogP contribution is 2.25.